The quantitative estimate of drug-likeness (QED) is 0.333. The van der Waals surface area contributed by atoms with E-state index < -0.39 is 40.5 Å². The number of aryl methyl sites for hydroxylation is 2. The zero-order chi connectivity index (χ0) is 29.7. The van der Waals surface area contributed by atoms with Gasteiger partial charge in [0.2, 0.25) is 5.91 Å². The number of hydrogen-bond donors (Lipinski definition) is 0. The molecule has 2 aliphatic heterocycles. The molecule has 6 nitrogen and oxygen atoms in total. The summed E-state index contributed by atoms with van der Waals surface area (Å²) in [6.45, 7) is 4.32. The summed E-state index contributed by atoms with van der Waals surface area (Å²) in [5, 5.41) is 2.75. The summed E-state index contributed by atoms with van der Waals surface area (Å²) < 4.78 is 80.2. The highest BCUT2D eigenvalue weighted by atomic mass is 32.1. The molecule has 0 aliphatic carbocycles. The summed E-state index contributed by atoms with van der Waals surface area (Å²) in [7, 11) is 0. The Hall–Kier alpha value is -3.61. The van der Waals surface area contributed by atoms with Gasteiger partial charge in [-0.1, -0.05) is 18.2 Å². The molecule has 2 aliphatic rings. The molecule has 0 atom stereocenters. The number of likely N-dealkylation sites (tertiary alicyclic amines) is 1. The summed E-state index contributed by atoms with van der Waals surface area (Å²) in [5.41, 5.74) is -2.29. The van der Waals surface area contributed by atoms with E-state index in [-0.39, 0.29) is 44.6 Å². The van der Waals surface area contributed by atoms with Gasteiger partial charge in [-0.25, -0.2) is 4.98 Å². The van der Waals surface area contributed by atoms with Gasteiger partial charge < -0.3 is 14.7 Å². The largest absolute Gasteiger partial charge is 0.416 e. The number of alkyl halides is 6. The fourth-order valence-electron chi connectivity index (χ4n) is 5.58. The van der Waals surface area contributed by atoms with E-state index in [0.717, 1.165) is 22.0 Å². The first kappa shape index (κ1) is 28.9. The lowest BCUT2D eigenvalue weighted by atomic mass is 9.84. The number of rotatable bonds is 4. The molecule has 0 radical (unpaired) electrons. The molecule has 3 aromatic rings. The van der Waals surface area contributed by atoms with Crippen LogP contribution in [-0.4, -0.2) is 51.9 Å². The summed E-state index contributed by atoms with van der Waals surface area (Å²) in [5.74, 6) is -1.10. The van der Waals surface area contributed by atoms with E-state index in [0.29, 0.717) is 18.7 Å². The average Bonchev–Trinajstić information content (AvgIpc) is 3.44. The first-order valence-electron chi connectivity index (χ1n) is 12.8. The number of thiazole rings is 1. The summed E-state index contributed by atoms with van der Waals surface area (Å²) >= 11 is 1.47. The van der Waals surface area contributed by atoms with Crippen molar-refractivity contribution in [3.05, 3.63) is 80.8 Å². The van der Waals surface area contributed by atoms with Crippen molar-refractivity contribution in [1.82, 2.24) is 14.8 Å². The van der Waals surface area contributed by atoms with Crippen molar-refractivity contribution in [3.8, 4) is 0 Å². The molecule has 1 spiro atoms. The number of anilines is 1. The predicted molar refractivity (Wildman–Crippen MR) is 140 cm³/mol. The molecule has 1 aromatic heterocycles. The maximum atomic E-state index is 14.0. The van der Waals surface area contributed by atoms with Crippen molar-refractivity contribution in [1.29, 1.82) is 0 Å². The van der Waals surface area contributed by atoms with Crippen LogP contribution in [0.4, 0.5) is 32.0 Å². The third-order valence-electron chi connectivity index (χ3n) is 7.65. The molecule has 0 N–H and O–H groups in total. The molecule has 0 bridgehead atoms. The highest BCUT2D eigenvalue weighted by molar-refractivity contribution is 7.09. The topological polar surface area (TPSA) is 56.8 Å². The van der Waals surface area contributed by atoms with E-state index in [9.17, 15) is 35.9 Å². The number of hydrogen-bond acceptors (Lipinski definition) is 5. The van der Waals surface area contributed by atoms with Crippen molar-refractivity contribution >= 4 is 28.8 Å². The van der Waals surface area contributed by atoms with Gasteiger partial charge in [-0.2, -0.15) is 26.3 Å². The van der Waals surface area contributed by atoms with Gasteiger partial charge in [-0.15, -0.1) is 11.3 Å². The summed E-state index contributed by atoms with van der Waals surface area (Å²) in [4.78, 5) is 36.6. The Labute approximate surface area is 236 Å². The Balaban J connectivity index is 1.43. The molecule has 0 saturated carbocycles. The second-order valence-corrected chi connectivity index (χ2v) is 11.4. The first-order chi connectivity index (χ1) is 19.2. The predicted octanol–water partition coefficient (Wildman–Crippen LogP) is 6.28. The molecule has 2 aromatic carbocycles. The Kier molecular flexibility index (Phi) is 7.29. The van der Waals surface area contributed by atoms with Crippen molar-refractivity contribution in [2.45, 2.75) is 51.1 Å². The molecular weight excluding hydrogens is 570 g/mol. The maximum Gasteiger partial charge on any atom is 0.416 e. The highest BCUT2D eigenvalue weighted by Crippen LogP contribution is 2.42. The zero-order valence-electron chi connectivity index (χ0n) is 22.1. The number of amides is 2. The van der Waals surface area contributed by atoms with Crippen LogP contribution >= 0.6 is 11.3 Å². The molecule has 2 saturated heterocycles. The fraction of sp³-hybridized carbons (Fsp3) is 0.393. The van der Waals surface area contributed by atoms with Gasteiger partial charge in [-0.3, -0.25) is 9.59 Å². The minimum Gasteiger partial charge on any atom is -0.339 e. The van der Waals surface area contributed by atoms with E-state index in [1.54, 1.807) is 4.90 Å². The standard InChI is InChI=1S/C28H26F6N4O2S/c1-17-5-3-4-6-23(17)38-16-37(14-22-15-41-18(2)35-22)25(40)26(38)7-9-36(10-8-26)24(39)19-11-20(27(29,30)31)13-21(12-19)28(32,33)34/h3-6,11-13,15H,7-10,14,16H2,1-2H3. The van der Waals surface area contributed by atoms with Crippen LogP contribution in [0.1, 0.15) is 50.6 Å². The van der Waals surface area contributed by atoms with Crippen LogP contribution in [0.2, 0.25) is 0 Å². The van der Waals surface area contributed by atoms with Crippen LogP contribution in [-0.2, 0) is 23.7 Å². The van der Waals surface area contributed by atoms with Crippen LogP contribution in [0, 0.1) is 13.8 Å². The molecule has 2 fully saturated rings. The Morgan fingerprint density at radius 2 is 1.59 bits per heavy atom. The van der Waals surface area contributed by atoms with Gasteiger partial charge in [0, 0.05) is 29.7 Å². The van der Waals surface area contributed by atoms with Crippen LogP contribution in [0.25, 0.3) is 0 Å². The molecule has 3 heterocycles. The Morgan fingerprint density at radius 1 is 0.976 bits per heavy atom. The third kappa shape index (κ3) is 5.51. The second-order valence-electron chi connectivity index (χ2n) is 10.3. The van der Waals surface area contributed by atoms with Gasteiger partial charge in [0.1, 0.15) is 5.54 Å². The number of benzene rings is 2. The summed E-state index contributed by atoms with van der Waals surface area (Å²) in [6, 6.07) is 8.45. The van der Waals surface area contributed by atoms with Gasteiger partial charge in [0.05, 0.1) is 35.0 Å². The zero-order valence-corrected chi connectivity index (χ0v) is 23.0. The lowest BCUT2D eigenvalue weighted by Crippen LogP contribution is -2.57. The van der Waals surface area contributed by atoms with E-state index in [4.69, 9.17) is 0 Å². The van der Waals surface area contributed by atoms with Crippen molar-refractivity contribution in [2.75, 3.05) is 24.7 Å². The number of carbonyl (C=O) groups excluding carboxylic acids is 2. The minimum atomic E-state index is -5.06. The van der Waals surface area contributed by atoms with Gasteiger partial charge in [0.25, 0.3) is 5.91 Å². The van der Waals surface area contributed by atoms with Crippen molar-refractivity contribution in [3.63, 3.8) is 0 Å². The summed E-state index contributed by atoms with van der Waals surface area (Å²) in [6.07, 6.45) is -9.81. The highest BCUT2D eigenvalue weighted by Gasteiger charge is 2.54. The molecular formula is C28H26F6N4O2S. The van der Waals surface area contributed by atoms with Crippen LogP contribution in [0.15, 0.2) is 47.8 Å². The lowest BCUT2D eigenvalue weighted by molar-refractivity contribution is -0.143. The molecule has 218 valence electrons. The van der Waals surface area contributed by atoms with E-state index >= 15 is 0 Å². The number of piperidine rings is 1. The number of carbonyl (C=O) groups is 2. The number of halogens is 6. The van der Waals surface area contributed by atoms with Crippen molar-refractivity contribution in [2.24, 2.45) is 0 Å². The molecule has 5 rings (SSSR count). The monoisotopic (exact) mass is 596 g/mol. The molecule has 0 unspecified atom stereocenters. The third-order valence-corrected chi connectivity index (χ3v) is 8.47. The molecule has 13 heteroatoms. The van der Waals surface area contributed by atoms with E-state index in [2.05, 4.69) is 4.98 Å². The van der Waals surface area contributed by atoms with E-state index in [1.807, 2.05) is 48.4 Å². The van der Waals surface area contributed by atoms with Crippen LogP contribution < -0.4 is 4.90 Å². The SMILES string of the molecule is Cc1nc(CN2CN(c3ccccc3C)C3(CCN(C(=O)c4cc(C(F)(F)F)cc(C(F)(F)F)c4)CC3)C2=O)cs1. The number of para-hydroxylation sites is 1. The average molecular weight is 597 g/mol. The lowest BCUT2D eigenvalue weighted by Gasteiger charge is -2.43. The fourth-order valence-corrected chi connectivity index (χ4v) is 6.18. The maximum absolute atomic E-state index is 14.0. The second kappa shape index (κ2) is 10.3. The van der Waals surface area contributed by atoms with Gasteiger partial charge in [-0.05, 0) is 56.5 Å². The first-order valence-corrected chi connectivity index (χ1v) is 13.7. The van der Waals surface area contributed by atoms with Crippen molar-refractivity contribution < 1.29 is 35.9 Å². The number of aromatic nitrogens is 1. The van der Waals surface area contributed by atoms with Gasteiger partial charge in [0.15, 0.2) is 0 Å². The van der Waals surface area contributed by atoms with E-state index in [1.165, 1.54) is 16.2 Å². The van der Waals surface area contributed by atoms with Crippen LogP contribution in [0.3, 0.4) is 0 Å². The van der Waals surface area contributed by atoms with Crippen LogP contribution in [0.5, 0.6) is 0 Å². The number of nitrogens with zero attached hydrogens (tertiary/aromatic N) is 4. The Bertz CT molecular complexity index is 1440. The molecule has 41 heavy (non-hydrogen) atoms. The molecule has 2 amide bonds. The smallest absolute Gasteiger partial charge is 0.339 e. The Morgan fingerprint density at radius 3 is 2.12 bits per heavy atom. The van der Waals surface area contributed by atoms with Gasteiger partial charge >= 0.3 is 12.4 Å². The minimum absolute atomic E-state index is 0.00232. The normalized spacial score (nSPS) is 17.6.